The molecule has 0 saturated carbocycles. The van der Waals surface area contributed by atoms with E-state index in [2.05, 4.69) is 15.9 Å². The van der Waals surface area contributed by atoms with Gasteiger partial charge in [-0.05, 0) is 49.7 Å². The summed E-state index contributed by atoms with van der Waals surface area (Å²) in [6.45, 7) is 4.15. The van der Waals surface area contributed by atoms with E-state index in [1.165, 1.54) is 15.9 Å². The number of rotatable bonds is 2. The SMILES string of the molecule is Cc1ccc(F)c(N2CCN(C(=O)c3cccc(Br)c3)[C@@H](C)C2=O)c1. The van der Waals surface area contributed by atoms with Crippen LogP contribution < -0.4 is 4.90 Å². The van der Waals surface area contributed by atoms with Gasteiger partial charge in [0.15, 0.2) is 0 Å². The smallest absolute Gasteiger partial charge is 0.254 e. The maximum absolute atomic E-state index is 14.1. The van der Waals surface area contributed by atoms with Crippen molar-refractivity contribution in [3.63, 3.8) is 0 Å². The van der Waals surface area contributed by atoms with Crippen molar-refractivity contribution in [3.05, 3.63) is 63.9 Å². The second-order valence-electron chi connectivity index (χ2n) is 6.13. The summed E-state index contributed by atoms with van der Waals surface area (Å²) in [6, 6.07) is 11.1. The van der Waals surface area contributed by atoms with Crippen molar-refractivity contribution < 1.29 is 14.0 Å². The molecule has 6 heteroatoms. The van der Waals surface area contributed by atoms with Gasteiger partial charge in [0.1, 0.15) is 11.9 Å². The van der Waals surface area contributed by atoms with Gasteiger partial charge in [-0.25, -0.2) is 4.39 Å². The molecule has 1 saturated heterocycles. The maximum atomic E-state index is 14.1. The molecule has 0 N–H and O–H groups in total. The number of anilines is 1. The second-order valence-corrected chi connectivity index (χ2v) is 7.05. The fourth-order valence-electron chi connectivity index (χ4n) is 3.00. The van der Waals surface area contributed by atoms with E-state index in [-0.39, 0.29) is 24.0 Å². The highest BCUT2D eigenvalue weighted by Crippen LogP contribution is 2.26. The van der Waals surface area contributed by atoms with Crippen LogP contribution in [0.1, 0.15) is 22.8 Å². The van der Waals surface area contributed by atoms with Crippen LogP contribution in [0.15, 0.2) is 46.9 Å². The summed E-state index contributed by atoms with van der Waals surface area (Å²) in [4.78, 5) is 28.5. The highest BCUT2D eigenvalue weighted by Gasteiger charge is 2.36. The first kappa shape index (κ1) is 17.6. The van der Waals surface area contributed by atoms with Crippen molar-refractivity contribution in [3.8, 4) is 0 Å². The summed E-state index contributed by atoms with van der Waals surface area (Å²) in [5.41, 5.74) is 1.67. The number of carbonyl (C=O) groups excluding carboxylic acids is 2. The molecule has 2 amide bonds. The summed E-state index contributed by atoms with van der Waals surface area (Å²) in [6.07, 6.45) is 0. The predicted molar refractivity (Wildman–Crippen MR) is 98.1 cm³/mol. The van der Waals surface area contributed by atoms with Gasteiger partial charge in [0.2, 0.25) is 5.91 Å². The number of halogens is 2. The number of aryl methyl sites for hydroxylation is 1. The molecule has 0 aromatic heterocycles. The molecule has 1 aliphatic heterocycles. The van der Waals surface area contributed by atoms with Crippen LogP contribution in [0.5, 0.6) is 0 Å². The van der Waals surface area contributed by atoms with E-state index in [0.717, 1.165) is 10.0 Å². The monoisotopic (exact) mass is 404 g/mol. The Bertz CT molecular complexity index is 840. The molecule has 130 valence electrons. The fraction of sp³-hybridized carbons (Fsp3) is 0.263. The first-order chi connectivity index (χ1) is 11.9. The third kappa shape index (κ3) is 3.44. The van der Waals surface area contributed by atoms with E-state index in [1.807, 2.05) is 13.0 Å². The minimum Gasteiger partial charge on any atom is -0.325 e. The largest absolute Gasteiger partial charge is 0.325 e. The molecule has 0 spiro atoms. The number of hydrogen-bond donors (Lipinski definition) is 0. The third-order valence-corrected chi connectivity index (χ3v) is 4.87. The molecule has 0 radical (unpaired) electrons. The molecule has 1 heterocycles. The molecule has 25 heavy (non-hydrogen) atoms. The van der Waals surface area contributed by atoms with Gasteiger partial charge < -0.3 is 9.80 Å². The van der Waals surface area contributed by atoms with Crippen molar-refractivity contribution in [2.45, 2.75) is 19.9 Å². The molecule has 4 nitrogen and oxygen atoms in total. The van der Waals surface area contributed by atoms with E-state index in [1.54, 1.807) is 37.3 Å². The minimum atomic E-state index is -0.653. The molecular weight excluding hydrogens is 387 g/mol. The zero-order chi connectivity index (χ0) is 18.1. The highest BCUT2D eigenvalue weighted by molar-refractivity contribution is 9.10. The molecule has 3 rings (SSSR count). The number of hydrogen-bond acceptors (Lipinski definition) is 2. The Morgan fingerprint density at radius 1 is 1.20 bits per heavy atom. The van der Waals surface area contributed by atoms with E-state index >= 15 is 0 Å². The molecule has 1 atom stereocenters. The number of piperazine rings is 1. The van der Waals surface area contributed by atoms with Crippen LogP contribution in [-0.2, 0) is 4.79 Å². The van der Waals surface area contributed by atoms with Crippen LogP contribution in [0.25, 0.3) is 0 Å². The van der Waals surface area contributed by atoms with E-state index < -0.39 is 11.9 Å². The Hall–Kier alpha value is -2.21. The van der Waals surface area contributed by atoms with Gasteiger partial charge in [-0.3, -0.25) is 9.59 Å². The lowest BCUT2D eigenvalue weighted by Gasteiger charge is -2.39. The Labute approximate surface area is 154 Å². The van der Waals surface area contributed by atoms with Crippen LogP contribution in [0.3, 0.4) is 0 Å². The predicted octanol–water partition coefficient (Wildman–Crippen LogP) is 3.77. The Kier molecular flexibility index (Phi) is 4.90. The number of nitrogens with zero attached hydrogens (tertiary/aromatic N) is 2. The second kappa shape index (κ2) is 6.96. The average molecular weight is 405 g/mol. The van der Waals surface area contributed by atoms with Crippen molar-refractivity contribution in [2.75, 3.05) is 18.0 Å². The molecule has 2 aromatic rings. The van der Waals surface area contributed by atoms with Crippen LogP contribution >= 0.6 is 15.9 Å². The minimum absolute atomic E-state index is 0.202. The normalized spacial score (nSPS) is 17.8. The molecule has 1 fully saturated rings. The summed E-state index contributed by atoms with van der Waals surface area (Å²) < 4.78 is 14.9. The van der Waals surface area contributed by atoms with Crippen LogP contribution in [0, 0.1) is 12.7 Å². The van der Waals surface area contributed by atoms with Crippen molar-refractivity contribution in [2.24, 2.45) is 0 Å². The van der Waals surface area contributed by atoms with Gasteiger partial charge >= 0.3 is 0 Å². The molecule has 1 aliphatic rings. The van der Waals surface area contributed by atoms with Gasteiger partial charge in [-0.2, -0.15) is 0 Å². The van der Waals surface area contributed by atoms with Gasteiger partial charge in [0.25, 0.3) is 5.91 Å². The summed E-state index contributed by atoms with van der Waals surface area (Å²) in [5, 5.41) is 0. The standard InChI is InChI=1S/C19H18BrFN2O2/c1-12-6-7-16(21)17(10-12)23-9-8-22(13(2)18(23)24)19(25)14-4-3-5-15(20)11-14/h3-7,10-11,13H,8-9H2,1-2H3/t13-/m0/s1. The van der Waals surface area contributed by atoms with Crippen LogP contribution in [0.4, 0.5) is 10.1 Å². The zero-order valence-corrected chi connectivity index (χ0v) is 15.6. The van der Waals surface area contributed by atoms with Gasteiger partial charge in [0.05, 0.1) is 5.69 Å². The summed E-state index contributed by atoms with van der Waals surface area (Å²) in [5.74, 6) is -0.913. The van der Waals surface area contributed by atoms with Crippen LogP contribution in [-0.4, -0.2) is 35.8 Å². The zero-order valence-electron chi connectivity index (χ0n) is 14.0. The van der Waals surface area contributed by atoms with Gasteiger partial charge in [0, 0.05) is 23.1 Å². The van der Waals surface area contributed by atoms with E-state index in [0.29, 0.717) is 12.1 Å². The molecule has 0 bridgehead atoms. The van der Waals surface area contributed by atoms with Gasteiger partial charge in [-0.1, -0.05) is 28.1 Å². The lowest BCUT2D eigenvalue weighted by molar-refractivity contribution is -0.124. The summed E-state index contributed by atoms with van der Waals surface area (Å²) in [7, 11) is 0. The fourth-order valence-corrected chi connectivity index (χ4v) is 3.40. The Balaban J connectivity index is 1.84. The lowest BCUT2D eigenvalue weighted by Crippen LogP contribution is -2.58. The van der Waals surface area contributed by atoms with Crippen LogP contribution in [0.2, 0.25) is 0 Å². The Morgan fingerprint density at radius 2 is 1.96 bits per heavy atom. The molecule has 0 aliphatic carbocycles. The van der Waals surface area contributed by atoms with Crippen molar-refractivity contribution >= 4 is 33.4 Å². The quantitative estimate of drug-likeness (QED) is 0.763. The average Bonchev–Trinajstić information content (AvgIpc) is 2.59. The van der Waals surface area contributed by atoms with E-state index in [9.17, 15) is 14.0 Å². The maximum Gasteiger partial charge on any atom is 0.254 e. The first-order valence-corrected chi connectivity index (χ1v) is 8.82. The topological polar surface area (TPSA) is 40.6 Å². The van der Waals surface area contributed by atoms with E-state index in [4.69, 9.17) is 0 Å². The van der Waals surface area contributed by atoms with Gasteiger partial charge in [-0.15, -0.1) is 0 Å². The molecule has 0 unspecified atom stereocenters. The Morgan fingerprint density at radius 3 is 2.68 bits per heavy atom. The number of amides is 2. The lowest BCUT2D eigenvalue weighted by atomic mass is 10.1. The highest BCUT2D eigenvalue weighted by atomic mass is 79.9. The number of benzene rings is 2. The number of carbonyl (C=O) groups is 2. The first-order valence-electron chi connectivity index (χ1n) is 8.02. The van der Waals surface area contributed by atoms with Crippen molar-refractivity contribution in [1.82, 2.24) is 4.90 Å². The molecule has 2 aromatic carbocycles. The molecular formula is C19H18BrFN2O2. The van der Waals surface area contributed by atoms with Crippen molar-refractivity contribution in [1.29, 1.82) is 0 Å². The summed E-state index contributed by atoms with van der Waals surface area (Å²) >= 11 is 3.35. The third-order valence-electron chi connectivity index (χ3n) is 4.38.